The first-order chi connectivity index (χ1) is 11.0. The largest absolute Gasteiger partial charge is 0.493 e. The van der Waals surface area contributed by atoms with Gasteiger partial charge >= 0.3 is 12.6 Å². The van der Waals surface area contributed by atoms with Crippen molar-refractivity contribution in [1.82, 2.24) is 5.32 Å². The molecule has 0 aliphatic heterocycles. The minimum atomic E-state index is -2.92. The number of carboxylic acid groups (broad SMARTS) is 1. The van der Waals surface area contributed by atoms with E-state index in [0.717, 1.165) is 12.8 Å². The van der Waals surface area contributed by atoms with Crippen LogP contribution in [0.4, 0.5) is 8.78 Å². The van der Waals surface area contributed by atoms with E-state index in [1.807, 2.05) is 0 Å². The average molecular weight is 329 g/mol. The minimum Gasteiger partial charge on any atom is -0.493 e. The van der Waals surface area contributed by atoms with Crippen molar-refractivity contribution in [3.63, 3.8) is 0 Å². The van der Waals surface area contributed by atoms with Gasteiger partial charge in [0.05, 0.1) is 13.0 Å². The van der Waals surface area contributed by atoms with Crippen LogP contribution in [0.2, 0.25) is 0 Å². The first-order valence-corrected chi connectivity index (χ1v) is 7.58. The van der Waals surface area contributed by atoms with Crippen LogP contribution in [0.3, 0.4) is 0 Å². The molecular weight excluding hydrogens is 308 g/mol. The molecule has 0 bridgehead atoms. The van der Waals surface area contributed by atoms with E-state index in [1.54, 1.807) is 18.2 Å². The Balaban J connectivity index is 1.96. The Morgan fingerprint density at radius 2 is 2.04 bits per heavy atom. The van der Waals surface area contributed by atoms with Crippen LogP contribution < -0.4 is 14.8 Å². The molecule has 1 aliphatic rings. The second-order valence-electron chi connectivity index (χ2n) is 5.59. The Hall–Kier alpha value is -1.89. The first kappa shape index (κ1) is 17.5. The number of halogens is 2. The molecule has 0 radical (unpaired) electrons. The van der Waals surface area contributed by atoms with Gasteiger partial charge in [-0.15, -0.1) is 0 Å². The van der Waals surface area contributed by atoms with Crippen LogP contribution >= 0.6 is 0 Å². The van der Waals surface area contributed by atoms with Crippen LogP contribution in [0.5, 0.6) is 11.5 Å². The van der Waals surface area contributed by atoms with Crippen molar-refractivity contribution in [2.75, 3.05) is 7.11 Å². The normalized spacial score (nSPS) is 21.2. The summed E-state index contributed by atoms with van der Waals surface area (Å²) in [5, 5.41) is 12.3. The quantitative estimate of drug-likeness (QED) is 0.805. The number of benzene rings is 1. The highest BCUT2D eigenvalue weighted by Crippen LogP contribution is 2.33. The SMILES string of the molecule is COc1cccc(CNC2CCC(C(=O)O)CC2)c1OC(F)F. The van der Waals surface area contributed by atoms with Crippen molar-refractivity contribution in [2.45, 2.75) is 44.9 Å². The van der Waals surface area contributed by atoms with Gasteiger partial charge in [-0.25, -0.2) is 0 Å². The molecule has 0 atom stereocenters. The third kappa shape index (κ3) is 4.79. The molecule has 23 heavy (non-hydrogen) atoms. The molecule has 1 fully saturated rings. The highest BCUT2D eigenvalue weighted by atomic mass is 19.3. The fourth-order valence-corrected chi connectivity index (χ4v) is 2.88. The monoisotopic (exact) mass is 329 g/mol. The summed E-state index contributed by atoms with van der Waals surface area (Å²) < 4.78 is 34.8. The maximum atomic E-state index is 12.6. The molecule has 2 rings (SSSR count). The molecule has 0 heterocycles. The molecule has 7 heteroatoms. The highest BCUT2D eigenvalue weighted by molar-refractivity contribution is 5.70. The van der Waals surface area contributed by atoms with Crippen molar-refractivity contribution in [3.8, 4) is 11.5 Å². The summed E-state index contributed by atoms with van der Waals surface area (Å²) >= 11 is 0. The van der Waals surface area contributed by atoms with Gasteiger partial charge in [0.1, 0.15) is 0 Å². The van der Waals surface area contributed by atoms with Gasteiger partial charge in [-0.3, -0.25) is 4.79 Å². The summed E-state index contributed by atoms with van der Waals surface area (Å²) in [6.07, 6.45) is 2.77. The van der Waals surface area contributed by atoms with Gasteiger partial charge < -0.3 is 19.9 Å². The van der Waals surface area contributed by atoms with E-state index in [9.17, 15) is 13.6 Å². The number of para-hydroxylation sites is 1. The van der Waals surface area contributed by atoms with E-state index >= 15 is 0 Å². The Bertz CT molecular complexity index is 531. The first-order valence-electron chi connectivity index (χ1n) is 7.58. The maximum Gasteiger partial charge on any atom is 0.387 e. The zero-order chi connectivity index (χ0) is 16.8. The standard InChI is InChI=1S/C16H21F2NO4/c1-22-13-4-2-3-11(14(13)23-16(17)18)9-19-12-7-5-10(6-8-12)15(20)21/h2-4,10,12,16,19H,5-9H2,1H3,(H,20,21). The molecule has 2 N–H and O–H groups in total. The van der Waals surface area contributed by atoms with Gasteiger partial charge in [-0.05, 0) is 31.7 Å². The molecule has 1 saturated carbocycles. The van der Waals surface area contributed by atoms with E-state index in [0.29, 0.717) is 24.9 Å². The zero-order valence-corrected chi connectivity index (χ0v) is 12.9. The number of carboxylic acids is 1. The summed E-state index contributed by atoms with van der Waals surface area (Å²) in [7, 11) is 1.40. The summed E-state index contributed by atoms with van der Waals surface area (Å²) in [5.41, 5.74) is 0.588. The molecule has 1 aromatic rings. The molecule has 0 saturated heterocycles. The van der Waals surface area contributed by atoms with E-state index in [1.165, 1.54) is 7.11 Å². The van der Waals surface area contributed by atoms with E-state index in [-0.39, 0.29) is 23.5 Å². The molecule has 5 nitrogen and oxygen atoms in total. The van der Waals surface area contributed by atoms with Gasteiger partial charge in [0.15, 0.2) is 11.5 Å². The van der Waals surface area contributed by atoms with Crippen LogP contribution in [-0.2, 0) is 11.3 Å². The topological polar surface area (TPSA) is 67.8 Å². The van der Waals surface area contributed by atoms with Gasteiger partial charge in [0.25, 0.3) is 0 Å². The molecule has 128 valence electrons. The number of alkyl halides is 2. The Morgan fingerprint density at radius 1 is 1.35 bits per heavy atom. The molecule has 0 spiro atoms. The number of hydrogen-bond donors (Lipinski definition) is 2. The smallest absolute Gasteiger partial charge is 0.387 e. The number of rotatable bonds is 7. The van der Waals surface area contributed by atoms with Crippen LogP contribution in [0.15, 0.2) is 18.2 Å². The van der Waals surface area contributed by atoms with Crippen molar-refractivity contribution < 1.29 is 28.2 Å². The Kier molecular flexibility index (Phi) is 6.15. The maximum absolute atomic E-state index is 12.6. The fourth-order valence-electron chi connectivity index (χ4n) is 2.88. The van der Waals surface area contributed by atoms with Gasteiger partial charge in [0, 0.05) is 18.2 Å². The lowest BCUT2D eigenvalue weighted by atomic mass is 9.86. The van der Waals surface area contributed by atoms with Crippen LogP contribution in [0.25, 0.3) is 0 Å². The Morgan fingerprint density at radius 3 is 2.61 bits per heavy atom. The Labute approximate surface area is 133 Å². The molecule has 0 unspecified atom stereocenters. The molecule has 0 amide bonds. The second-order valence-corrected chi connectivity index (χ2v) is 5.59. The summed E-state index contributed by atoms with van der Waals surface area (Å²) in [6.45, 7) is -2.56. The number of hydrogen-bond acceptors (Lipinski definition) is 4. The lowest BCUT2D eigenvalue weighted by molar-refractivity contribution is -0.142. The summed E-state index contributed by atoms with van der Waals surface area (Å²) in [5.74, 6) is -0.720. The van der Waals surface area contributed by atoms with Gasteiger partial charge in [0.2, 0.25) is 0 Å². The van der Waals surface area contributed by atoms with E-state index in [2.05, 4.69) is 10.1 Å². The van der Waals surface area contributed by atoms with E-state index in [4.69, 9.17) is 9.84 Å². The van der Waals surface area contributed by atoms with Crippen LogP contribution in [0, 0.1) is 5.92 Å². The number of methoxy groups -OCH3 is 1. The number of carbonyl (C=O) groups is 1. The number of nitrogens with one attached hydrogen (secondary N) is 1. The minimum absolute atomic E-state index is 0.0386. The van der Waals surface area contributed by atoms with Gasteiger partial charge in [-0.1, -0.05) is 12.1 Å². The zero-order valence-electron chi connectivity index (χ0n) is 12.9. The molecule has 1 aliphatic carbocycles. The predicted molar refractivity (Wildman–Crippen MR) is 79.8 cm³/mol. The lowest BCUT2D eigenvalue weighted by Gasteiger charge is -2.27. The third-order valence-electron chi connectivity index (χ3n) is 4.14. The summed E-state index contributed by atoms with van der Waals surface area (Å²) in [6, 6.07) is 5.17. The number of ether oxygens (including phenoxy) is 2. The second kappa shape index (κ2) is 8.10. The average Bonchev–Trinajstić information content (AvgIpc) is 2.53. The highest BCUT2D eigenvalue weighted by Gasteiger charge is 2.26. The predicted octanol–water partition coefficient (Wildman–Crippen LogP) is 3.03. The molecular formula is C16H21F2NO4. The van der Waals surface area contributed by atoms with Gasteiger partial charge in [-0.2, -0.15) is 8.78 Å². The van der Waals surface area contributed by atoms with Crippen LogP contribution in [-0.4, -0.2) is 30.8 Å². The summed E-state index contributed by atoms with van der Waals surface area (Å²) in [4.78, 5) is 10.9. The number of aliphatic carboxylic acids is 1. The fraction of sp³-hybridized carbons (Fsp3) is 0.562. The van der Waals surface area contributed by atoms with Crippen LogP contribution in [0.1, 0.15) is 31.2 Å². The molecule has 1 aromatic carbocycles. The van der Waals surface area contributed by atoms with Crippen molar-refractivity contribution in [2.24, 2.45) is 5.92 Å². The van der Waals surface area contributed by atoms with Crippen molar-refractivity contribution in [1.29, 1.82) is 0 Å². The lowest BCUT2D eigenvalue weighted by Crippen LogP contribution is -2.34. The van der Waals surface area contributed by atoms with E-state index < -0.39 is 12.6 Å². The van der Waals surface area contributed by atoms with Crippen molar-refractivity contribution in [3.05, 3.63) is 23.8 Å². The third-order valence-corrected chi connectivity index (χ3v) is 4.14. The molecule has 0 aromatic heterocycles. The van der Waals surface area contributed by atoms with Crippen molar-refractivity contribution >= 4 is 5.97 Å².